The van der Waals surface area contributed by atoms with E-state index < -0.39 is 18.0 Å². The maximum atomic E-state index is 12.1. The second-order valence-electron chi connectivity index (χ2n) is 5.98. The van der Waals surface area contributed by atoms with Crippen molar-refractivity contribution < 1.29 is 19.8 Å². The second kappa shape index (κ2) is 5.58. The fourth-order valence-electron chi connectivity index (χ4n) is 3.50. The van der Waals surface area contributed by atoms with Crippen LogP contribution in [0.4, 0.5) is 0 Å². The van der Waals surface area contributed by atoms with Crippen molar-refractivity contribution in [3.8, 4) is 0 Å². The van der Waals surface area contributed by atoms with Crippen LogP contribution in [-0.4, -0.2) is 68.7 Å². The van der Waals surface area contributed by atoms with E-state index in [9.17, 15) is 19.8 Å². The molecule has 0 aromatic heterocycles. The van der Waals surface area contributed by atoms with Gasteiger partial charge >= 0.3 is 5.97 Å². The van der Waals surface area contributed by atoms with Crippen LogP contribution in [0.15, 0.2) is 10.6 Å². The van der Waals surface area contributed by atoms with Crippen molar-refractivity contribution in [3.63, 3.8) is 0 Å². The van der Waals surface area contributed by atoms with Gasteiger partial charge in [-0.25, -0.2) is 4.79 Å². The third-order valence-electron chi connectivity index (χ3n) is 4.56. The molecule has 0 aliphatic carbocycles. The molecule has 0 unspecified atom stereocenters. The van der Waals surface area contributed by atoms with E-state index in [0.717, 1.165) is 24.4 Å². The zero-order valence-corrected chi connectivity index (χ0v) is 13.0. The molecule has 0 saturated carbocycles. The lowest BCUT2D eigenvalue weighted by atomic mass is 9.83. The molecule has 1 amide bonds. The lowest BCUT2D eigenvalue weighted by Crippen LogP contribution is -2.61. The number of carboxylic acid groups (broad SMARTS) is 1. The summed E-state index contributed by atoms with van der Waals surface area (Å²) in [5.74, 6) is -1.86. The minimum atomic E-state index is -1.08. The van der Waals surface area contributed by atoms with Crippen molar-refractivity contribution in [1.82, 2.24) is 9.80 Å². The number of carbonyl (C=O) groups excluding carboxylic acids is 1. The van der Waals surface area contributed by atoms with Crippen molar-refractivity contribution >= 4 is 30.0 Å². The first-order chi connectivity index (χ1) is 10.4. The number of rotatable bonds is 5. The summed E-state index contributed by atoms with van der Waals surface area (Å²) < 4.78 is 0. The van der Waals surface area contributed by atoms with Gasteiger partial charge in [-0.05, 0) is 13.3 Å². The molecule has 0 bridgehead atoms. The molecule has 3 heterocycles. The highest BCUT2D eigenvalue weighted by molar-refractivity contribution is 8.03. The van der Waals surface area contributed by atoms with Crippen molar-refractivity contribution in [2.45, 2.75) is 37.2 Å². The molecule has 3 aliphatic heterocycles. The highest BCUT2D eigenvalue weighted by Crippen LogP contribution is 2.48. The number of nitrogens with zero attached hydrogens (tertiary/aromatic N) is 2. The molecular formula is C14H19N3O4S. The van der Waals surface area contributed by atoms with E-state index in [-0.39, 0.29) is 22.9 Å². The Kier molecular flexibility index (Phi) is 3.90. The predicted molar refractivity (Wildman–Crippen MR) is 81.4 cm³/mol. The summed E-state index contributed by atoms with van der Waals surface area (Å²) in [7, 11) is 0. The fourth-order valence-corrected chi connectivity index (χ4v) is 4.96. The molecule has 3 N–H and O–H groups in total. The van der Waals surface area contributed by atoms with E-state index in [2.05, 4.69) is 0 Å². The molecule has 7 nitrogen and oxygen atoms in total. The van der Waals surface area contributed by atoms with E-state index in [4.69, 9.17) is 5.41 Å². The monoisotopic (exact) mass is 325 g/mol. The Morgan fingerprint density at radius 1 is 1.55 bits per heavy atom. The first-order valence-corrected chi connectivity index (χ1v) is 8.21. The van der Waals surface area contributed by atoms with E-state index in [1.165, 1.54) is 23.0 Å². The molecule has 0 aromatic carbocycles. The summed E-state index contributed by atoms with van der Waals surface area (Å²) in [5.41, 5.74) is 0.0882. The molecule has 2 fully saturated rings. The molecule has 120 valence electrons. The first kappa shape index (κ1) is 15.4. The Balaban J connectivity index is 1.77. The van der Waals surface area contributed by atoms with Crippen LogP contribution in [0.2, 0.25) is 0 Å². The van der Waals surface area contributed by atoms with Gasteiger partial charge in [0.1, 0.15) is 5.70 Å². The largest absolute Gasteiger partial charge is 0.477 e. The zero-order valence-electron chi connectivity index (χ0n) is 12.2. The summed E-state index contributed by atoms with van der Waals surface area (Å²) in [6, 6.07) is -0.221. The maximum absolute atomic E-state index is 12.1. The summed E-state index contributed by atoms with van der Waals surface area (Å²) in [4.78, 5) is 27.6. The van der Waals surface area contributed by atoms with Crippen LogP contribution in [0, 0.1) is 11.3 Å². The molecule has 0 radical (unpaired) electrons. The number of likely N-dealkylation sites (tertiary alicyclic amines) is 1. The van der Waals surface area contributed by atoms with Gasteiger partial charge in [0.2, 0.25) is 5.91 Å². The molecule has 8 heteroatoms. The average molecular weight is 325 g/mol. The molecule has 22 heavy (non-hydrogen) atoms. The number of carbonyl (C=O) groups is 2. The molecule has 4 atom stereocenters. The quantitative estimate of drug-likeness (QED) is 0.382. The van der Waals surface area contributed by atoms with Gasteiger partial charge in [0.25, 0.3) is 0 Å². The van der Waals surface area contributed by atoms with Crippen molar-refractivity contribution in [3.05, 3.63) is 10.6 Å². The lowest BCUT2D eigenvalue weighted by molar-refractivity contribution is -0.161. The van der Waals surface area contributed by atoms with Gasteiger partial charge in [-0.15, -0.1) is 11.8 Å². The third-order valence-corrected chi connectivity index (χ3v) is 5.92. The smallest absolute Gasteiger partial charge is 0.353 e. The number of carboxylic acids is 1. The summed E-state index contributed by atoms with van der Waals surface area (Å²) >= 11 is 1.51. The molecule has 0 aromatic rings. The molecule has 0 spiro atoms. The Morgan fingerprint density at radius 2 is 2.27 bits per heavy atom. The van der Waals surface area contributed by atoms with Crippen LogP contribution < -0.4 is 0 Å². The van der Waals surface area contributed by atoms with E-state index >= 15 is 0 Å². The minimum absolute atomic E-state index is 0.0882. The van der Waals surface area contributed by atoms with Crippen LogP contribution in [0.25, 0.3) is 0 Å². The summed E-state index contributed by atoms with van der Waals surface area (Å²) in [6.45, 7) is 3.10. The van der Waals surface area contributed by atoms with E-state index in [1.54, 1.807) is 6.92 Å². The average Bonchev–Trinajstić information content (AvgIpc) is 3.01. The number of amides is 1. The lowest BCUT2D eigenvalue weighted by Gasteiger charge is -2.44. The van der Waals surface area contributed by atoms with Crippen LogP contribution in [0.5, 0.6) is 0 Å². The highest BCUT2D eigenvalue weighted by atomic mass is 32.2. The summed E-state index contributed by atoms with van der Waals surface area (Å²) in [5, 5.41) is 26.6. The number of aliphatic hydroxyl groups excluding tert-OH is 1. The van der Waals surface area contributed by atoms with Gasteiger partial charge in [-0.2, -0.15) is 0 Å². The number of aliphatic carboxylic acids is 1. The zero-order chi connectivity index (χ0) is 16.0. The van der Waals surface area contributed by atoms with Crippen LogP contribution >= 0.6 is 11.8 Å². The Morgan fingerprint density at radius 3 is 2.82 bits per heavy atom. The normalized spacial score (nSPS) is 32.1. The number of thioether (sulfide) groups is 1. The number of hydrogen-bond acceptors (Lipinski definition) is 5. The SMILES string of the molecule is C[C@@H](O)[C@H]1C(=O)N2C(C(=O)O)=C(S[C@@H]3CCN(C=N)C3)C[C@H]12. The van der Waals surface area contributed by atoms with Crippen LogP contribution in [0.3, 0.4) is 0 Å². The van der Waals surface area contributed by atoms with Gasteiger partial charge in [-0.3, -0.25) is 10.2 Å². The number of hydrogen-bond donors (Lipinski definition) is 3. The maximum Gasteiger partial charge on any atom is 0.353 e. The van der Waals surface area contributed by atoms with Crippen LogP contribution in [-0.2, 0) is 9.59 Å². The first-order valence-electron chi connectivity index (χ1n) is 7.33. The number of nitrogens with one attached hydrogen (secondary N) is 1. The third kappa shape index (κ3) is 2.30. The second-order valence-corrected chi connectivity index (χ2v) is 7.37. The number of aliphatic hydroxyl groups is 1. The van der Waals surface area contributed by atoms with Gasteiger partial charge in [0.05, 0.1) is 24.4 Å². The Labute approximate surface area is 132 Å². The van der Waals surface area contributed by atoms with Crippen molar-refractivity contribution in [2.75, 3.05) is 13.1 Å². The summed E-state index contributed by atoms with van der Waals surface area (Å²) in [6.07, 6.45) is 1.96. The van der Waals surface area contributed by atoms with Crippen molar-refractivity contribution in [2.24, 2.45) is 5.92 Å². The van der Waals surface area contributed by atoms with Crippen molar-refractivity contribution in [1.29, 1.82) is 5.41 Å². The van der Waals surface area contributed by atoms with E-state index in [0.29, 0.717) is 6.42 Å². The topological polar surface area (TPSA) is 105 Å². The van der Waals surface area contributed by atoms with Gasteiger partial charge in [-0.1, -0.05) is 0 Å². The minimum Gasteiger partial charge on any atom is -0.477 e. The fraction of sp³-hybridized carbons (Fsp3) is 0.643. The Bertz CT molecular complexity index is 562. The molecule has 3 rings (SSSR count). The number of fused-ring (bicyclic) bond motifs is 1. The van der Waals surface area contributed by atoms with Crippen LogP contribution in [0.1, 0.15) is 19.8 Å². The Hall–Kier alpha value is -1.54. The van der Waals surface area contributed by atoms with Gasteiger partial charge in [0.15, 0.2) is 0 Å². The molecular weight excluding hydrogens is 306 g/mol. The molecule has 3 aliphatic rings. The standard InChI is InChI=1S/C14H19N3O4S/c1-7(18)11-9-4-10(12(14(20)21)17(9)13(11)19)22-8-2-3-16(5-8)6-15/h6-9,11,15,18H,2-5H2,1H3,(H,20,21)/t7-,8-,9-,11-/m1/s1. The number of β-lactam (4-membered cyclic amide) rings is 1. The van der Waals surface area contributed by atoms with Gasteiger partial charge in [0, 0.05) is 29.7 Å². The van der Waals surface area contributed by atoms with E-state index in [1.807, 2.05) is 4.90 Å². The highest BCUT2D eigenvalue weighted by Gasteiger charge is 2.56. The predicted octanol–water partition coefficient (Wildman–Crippen LogP) is 0.309. The molecule has 2 saturated heterocycles. The van der Waals surface area contributed by atoms with Gasteiger partial charge < -0.3 is 20.0 Å².